The molecule has 0 spiro atoms. The number of carbonyl (C=O) groups excluding carboxylic acids is 4. The molecule has 15 heteroatoms. The molecule has 4 amide bonds. The Balaban J connectivity index is 1.54. The van der Waals surface area contributed by atoms with Crippen molar-refractivity contribution in [3.8, 4) is 33.8 Å². The Morgan fingerprint density at radius 1 is 0.895 bits per heavy atom. The second-order valence-electron chi connectivity index (χ2n) is 13.8. The van der Waals surface area contributed by atoms with Gasteiger partial charge in [0.25, 0.3) is 5.91 Å². The fourth-order valence-electron chi connectivity index (χ4n) is 6.61. The van der Waals surface area contributed by atoms with Crippen LogP contribution in [0.2, 0.25) is 5.02 Å². The van der Waals surface area contributed by atoms with Crippen LogP contribution in [0, 0.1) is 0 Å². The number of hydrogen-bond donors (Lipinski definition) is 7. The number of nitrogens with two attached hydrogens (primary N) is 2. The van der Waals surface area contributed by atoms with E-state index < -0.39 is 53.8 Å². The van der Waals surface area contributed by atoms with Crippen molar-refractivity contribution >= 4 is 41.2 Å². The van der Waals surface area contributed by atoms with Crippen LogP contribution in [-0.4, -0.2) is 89.6 Å². The van der Waals surface area contributed by atoms with Crippen molar-refractivity contribution in [3.63, 3.8) is 0 Å². The molecule has 14 nitrogen and oxygen atoms in total. The maximum absolute atomic E-state index is 14.5. The third-order valence-corrected chi connectivity index (χ3v) is 9.96. The predicted octanol–water partition coefficient (Wildman–Crippen LogP) is 3.77. The molecule has 0 saturated carbocycles. The number of carbonyl (C=O) groups is 5. The maximum atomic E-state index is 14.5. The summed E-state index contributed by atoms with van der Waals surface area (Å²) in [7, 11) is 1.42. The third-order valence-electron chi connectivity index (χ3n) is 9.71. The Morgan fingerprint density at radius 3 is 2.23 bits per heavy atom. The number of aromatic hydroxyl groups is 1. The first kappa shape index (κ1) is 42.2. The van der Waals surface area contributed by atoms with E-state index in [2.05, 4.69) is 16.0 Å². The number of amides is 4. The number of likely N-dealkylation sites (N-methyl/N-ethyl adjacent to an activating group) is 1. The number of carboxylic acids is 1. The number of carboxylic acid groups (broad SMARTS) is 1. The van der Waals surface area contributed by atoms with Crippen LogP contribution in [-0.2, 0) is 25.6 Å². The van der Waals surface area contributed by atoms with Gasteiger partial charge in [-0.05, 0) is 104 Å². The number of aliphatic carboxylic acids is 1. The SMILES string of the molecule is C[C@@H]1NC(=O)C(N(C)C(=O)[C@H](CCCCN)NC(=O)c2ccc(-c3ccc(Cl)cc3)cc2)c2ccc(OCCN)c(c2)-c2cc(ccc2O)C[C@@H](C(=O)O)NC1=O. The van der Waals surface area contributed by atoms with Gasteiger partial charge in [0.1, 0.15) is 42.3 Å². The van der Waals surface area contributed by atoms with Crippen molar-refractivity contribution in [2.75, 3.05) is 26.7 Å². The lowest BCUT2D eigenvalue weighted by Gasteiger charge is -2.32. The minimum absolute atomic E-state index is 0.119. The molecule has 0 fully saturated rings. The molecule has 0 radical (unpaired) electrons. The summed E-state index contributed by atoms with van der Waals surface area (Å²) < 4.78 is 5.93. The third kappa shape index (κ3) is 10.5. The zero-order valence-electron chi connectivity index (χ0n) is 31.7. The number of nitrogens with zero attached hydrogens (tertiary/aromatic N) is 1. The summed E-state index contributed by atoms with van der Waals surface area (Å²) in [6.07, 6.45) is 1.14. The lowest BCUT2D eigenvalue weighted by Crippen LogP contribution is -2.54. The van der Waals surface area contributed by atoms with E-state index in [1.807, 2.05) is 12.1 Å². The normalized spacial score (nSPS) is 17.3. The van der Waals surface area contributed by atoms with E-state index in [-0.39, 0.29) is 37.3 Å². The molecule has 9 N–H and O–H groups in total. The number of benzene rings is 4. The van der Waals surface area contributed by atoms with Gasteiger partial charge in [0.15, 0.2) is 0 Å². The van der Waals surface area contributed by atoms with Crippen LogP contribution >= 0.6 is 11.6 Å². The van der Waals surface area contributed by atoms with E-state index in [1.165, 1.54) is 24.9 Å². The fraction of sp³-hybridized carbons (Fsp3) is 0.310. The number of phenolic OH excluding ortho intramolecular Hbond substituents is 1. The first-order valence-corrected chi connectivity index (χ1v) is 18.9. The molecule has 1 heterocycles. The molecule has 5 rings (SSSR count). The van der Waals surface area contributed by atoms with Crippen molar-refractivity contribution in [2.24, 2.45) is 11.5 Å². The first-order chi connectivity index (χ1) is 27.3. The van der Waals surface area contributed by atoms with Gasteiger partial charge in [-0.1, -0.05) is 48.0 Å². The molecule has 4 aromatic carbocycles. The molecule has 57 heavy (non-hydrogen) atoms. The Kier molecular flexibility index (Phi) is 14.3. The maximum Gasteiger partial charge on any atom is 0.326 e. The average molecular weight is 799 g/mol. The molecular formula is C42H47ClN6O8. The Morgan fingerprint density at radius 2 is 1.58 bits per heavy atom. The van der Waals surface area contributed by atoms with Gasteiger partial charge in [-0.25, -0.2) is 4.79 Å². The second kappa shape index (κ2) is 19.3. The molecule has 0 aliphatic carbocycles. The molecule has 4 bridgehead atoms. The summed E-state index contributed by atoms with van der Waals surface area (Å²) in [5.74, 6) is -3.80. The lowest BCUT2D eigenvalue weighted by atomic mass is 9.93. The number of nitrogens with one attached hydrogen (secondary N) is 3. The predicted molar refractivity (Wildman–Crippen MR) is 216 cm³/mol. The van der Waals surface area contributed by atoms with E-state index in [4.69, 9.17) is 27.8 Å². The van der Waals surface area contributed by atoms with Crippen molar-refractivity contribution in [3.05, 3.63) is 107 Å². The van der Waals surface area contributed by atoms with Crippen LogP contribution in [0.1, 0.15) is 53.7 Å². The van der Waals surface area contributed by atoms with E-state index in [9.17, 15) is 34.2 Å². The molecule has 4 atom stereocenters. The molecular weight excluding hydrogens is 752 g/mol. The molecule has 0 saturated heterocycles. The van der Waals surface area contributed by atoms with Crippen LogP contribution in [0.15, 0.2) is 84.9 Å². The topological polar surface area (TPSA) is 226 Å². The van der Waals surface area contributed by atoms with Gasteiger partial charge in [0.2, 0.25) is 17.7 Å². The number of halogens is 1. The minimum atomic E-state index is -1.38. The summed E-state index contributed by atoms with van der Waals surface area (Å²) in [6.45, 7) is 2.06. The highest BCUT2D eigenvalue weighted by Gasteiger charge is 2.36. The van der Waals surface area contributed by atoms with Crippen LogP contribution in [0.3, 0.4) is 0 Å². The van der Waals surface area contributed by atoms with Crippen LogP contribution in [0.25, 0.3) is 22.3 Å². The minimum Gasteiger partial charge on any atom is -0.507 e. The molecule has 1 unspecified atom stereocenters. The lowest BCUT2D eigenvalue weighted by molar-refractivity contribution is -0.143. The summed E-state index contributed by atoms with van der Waals surface area (Å²) in [4.78, 5) is 69.2. The van der Waals surface area contributed by atoms with E-state index in [0.717, 1.165) is 11.1 Å². The Bertz CT molecular complexity index is 2100. The van der Waals surface area contributed by atoms with E-state index in [1.54, 1.807) is 66.7 Å². The van der Waals surface area contributed by atoms with E-state index in [0.29, 0.717) is 52.4 Å². The zero-order chi connectivity index (χ0) is 41.2. The first-order valence-electron chi connectivity index (χ1n) is 18.6. The number of unbranched alkanes of at least 4 members (excludes halogenated alkanes) is 1. The summed E-state index contributed by atoms with van der Waals surface area (Å²) in [5.41, 5.74) is 15.0. The number of fused-ring (bicyclic) bond motifs is 5. The van der Waals surface area contributed by atoms with Crippen LogP contribution in [0.5, 0.6) is 11.5 Å². The van der Waals surface area contributed by atoms with Gasteiger partial charge in [-0.15, -0.1) is 0 Å². The second-order valence-corrected chi connectivity index (χ2v) is 14.3. The zero-order valence-corrected chi connectivity index (χ0v) is 32.4. The highest BCUT2D eigenvalue weighted by Crippen LogP contribution is 2.39. The Labute approximate surface area is 335 Å². The molecule has 1 aliphatic heterocycles. The number of rotatable bonds is 13. The van der Waals surface area contributed by atoms with Gasteiger partial charge in [-0.2, -0.15) is 0 Å². The molecule has 300 valence electrons. The van der Waals surface area contributed by atoms with Crippen LogP contribution < -0.4 is 32.2 Å². The number of hydrogen-bond acceptors (Lipinski definition) is 9. The van der Waals surface area contributed by atoms with Gasteiger partial charge in [0.05, 0.1) is 0 Å². The van der Waals surface area contributed by atoms with E-state index >= 15 is 0 Å². The van der Waals surface area contributed by atoms with Gasteiger partial charge < -0.3 is 47.3 Å². The summed E-state index contributed by atoms with van der Waals surface area (Å²) in [5, 5.41) is 29.6. The molecule has 0 aromatic heterocycles. The van der Waals surface area contributed by atoms with Crippen molar-refractivity contribution < 1.29 is 38.9 Å². The van der Waals surface area contributed by atoms with Crippen molar-refractivity contribution in [1.29, 1.82) is 0 Å². The summed E-state index contributed by atoms with van der Waals surface area (Å²) >= 11 is 6.04. The average Bonchev–Trinajstić information content (AvgIpc) is 3.20. The quantitative estimate of drug-likeness (QED) is 0.0970. The highest BCUT2D eigenvalue weighted by molar-refractivity contribution is 6.30. The highest BCUT2D eigenvalue weighted by atomic mass is 35.5. The number of phenols is 1. The molecule has 4 aromatic rings. The Hall–Kier alpha value is -5.96. The van der Waals surface area contributed by atoms with Crippen molar-refractivity contribution in [1.82, 2.24) is 20.9 Å². The fourth-order valence-corrected chi connectivity index (χ4v) is 6.74. The smallest absolute Gasteiger partial charge is 0.326 e. The summed E-state index contributed by atoms with van der Waals surface area (Å²) in [6, 6.07) is 18.4. The largest absolute Gasteiger partial charge is 0.507 e. The molecule has 1 aliphatic rings. The van der Waals surface area contributed by atoms with Gasteiger partial charge >= 0.3 is 5.97 Å². The number of ether oxygens (including phenoxy) is 1. The van der Waals surface area contributed by atoms with Crippen LogP contribution in [0.4, 0.5) is 0 Å². The van der Waals surface area contributed by atoms with Gasteiger partial charge in [-0.3, -0.25) is 19.2 Å². The monoisotopic (exact) mass is 798 g/mol. The van der Waals surface area contributed by atoms with Crippen molar-refractivity contribution in [2.45, 2.75) is 56.8 Å². The van der Waals surface area contributed by atoms with Gasteiger partial charge in [0, 0.05) is 41.7 Å². The standard InChI is InChI=1S/C42H47ClN6O8/c1-24-38(51)48-34(42(55)56)22-25-6-16-35(50)31(21-25)32-23-29(13-17-36(32)57-20-19-45)37(40(53)46-24)49(2)41(54)33(5-3-4-18-44)47-39(52)28-9-7-26(8-10-28)27-11-14-30(43)15-12-27/h6-17,21,23-24,33-34,37,50H,3-5,18-20,22,44-45H2,1-2H3,(H,46,53)(H,47,52)(H,48,51)(H,55,56)/t24-,33-,34-,37?/m0/s1.